The van der Waals surface area contributed by atoms with Crippen LogP contribution < -0.4 is 19.7 Å². The third kappa shape index (κ3) is 6.06. The van der Waals surface area contributed by atoms with Crippen LogP contribution in [0.25, 0.3) is 0 Å². The van der Waals surface area contributed by atoms with Crippen LogP contribution in [0.15, 0.2) is 30.6 Å². The van der Waals surface area contributed by atoms with Crippen LogP contribution in [0.4, 0.5) is 10.2 Å². The van der Waals surface area contributed by atoms with Gasteiger partial charge in [-0.1, -0.05) is 12.1 Å². The van der Waals surface area contributed by atoms with Gasteiger partial charge in [-0.2, -0.15) is 9.37 Å². The summed E-state index contributed by atoms with van der Waals surface area (Å²) >= 11 is 0. The molecule has 0 aliphatic carbocycles. The van der Waals surface area contributed by atoms with Crippen molar-refractivity contribution < 1.29 is 23.8 Å². The molecular formula is C23H31FN4O4. The van der Waals surface area contributed by atoms with Crippen molar-refractivity contribution in [3.8, 4) is 11.6 Å². The number of anilines is 1. The number of hydrogen-bond acceptors (Lipinski definition) is 7. The number of carbonyl (C=O) groups is 1. The number of rotatable bonds is 9. The summed E-state index contributed by atoms with van der Waals surface area (Å²) in [6.45, 7) is 8.47. The van der Waals surface area contributed by atoms with Gasteiger partial charge in [-0.3, -0.25) is 4.79 Å². The summed E-state index contributed by atoms with van der Waals surface area (Å²) < 4.78 is 26.2. The van der Waals surface area contributed by atoms with E-state index in [1.165, 1.54) is 6.33 Å². The molecule has 3 rings (SSSR count). The van der Waals surface area contributed by atoms with Gasteiger partial charge in [-0.15, -0.1) is 0 Å². The van der Waals surface area contributed by atoms with Crippen LogP contribution in [0.3, 0.4) is 0 Å². The normalized spacial score (nSPS) is 17.2. The zero-order chi connectivity index (χ0) is 23.3. The molecule has 9 heteroatoms. The predicted octanol–water partition coefficient (Wildman–Crippen LogP) is 2.66. The Hall–Kier alpha value is -2.94. The van der Waals surface area contributed by atoms with Crippen molar-refractivity contribution in [1.29, 1.82) is 0 Å². The molecule has 1 aliphatic rings. The third-order valence-corrected chi connectivity index (χ3v) is 5.17. The Morgan fingerprint density at radius 2 is 2.06 bits per heavy atom. The predicted molar refractivity (Wildman–Crippen MR) is 119 cm³/mol. The molecule has 0 bridgehead atoms. The fourth-order valence-corrected chi connectivity index (χ4v) is 3.43. The van der Waals surface area contributed by atoms with Gasteiger partial charge in [0.2, 0.25) is 11.7 Å². The zero-order valence-electron chi connectivity index (χ0n) is 19.0. The fourth-order valence-electron chi connectivity index (χ4n) is 3.43. The van der Waals surface area contributed by atoms with E-state index in [2.05, 4.69) is 15.3 Å². The minimum Gasteiger partial charge on any atom is -0.489 e. The van der Waals surface area contributed by atoms with E-state index < -0.39 is 11.4 Å². The Kier molecular flexibility index (Phi) is 7.50. The molecule has 8 nitrogen and oxygen atoms in total. The molecule has 1 fully saturated rings. The molecule has 2 aromatic rings. The molecule has 0 radical (unpaired) electrons. The van der Waals surface area contributed by atoms with E-state index in [0.29, 0.717) is 31.8 Å². The van der Waals surface area contributed by atoms with Gasteiger partial charge in [-0.25, -0.2) is 4.98 Å². The highest BCUT2D eigenvalue weighted by Crippen LogP contribution is 2.28. The molecule has 1 aliphatic heterocycles. The average molecular weight is 447 g/mol. The smallest absolute Gasteiger partial charge is 0.255 e. The van der Waals surface area contributed by atoms with Crippen molar-refractivity contribution >= 4 is 11.7 Å². The van der Waals surface area contributed by atoms with E-state index in [1.54, 1.807) is 18.7 Å². The summed E-state index contributed by atoms with van der Waals surface area (Å²) in [5.41, 5.74) is -0.185. The van der Waals surface area contributed by atoms with Crippen molar-refractivity contribution in [2.45, 2.75) is 51.7 Å². The number of ether oxygens (including phenoxy) is 2. The number of amides is 1. The second-order valence-electron chi connectivity index (χ2n) is 8.58. The first-order valence-corrected chi connectivity index (χ1v) is 10.8. The Bertz CT molecular complexity index is 917. The first-order chi connectivity index (χ1) is 15.2. The highest BCUT2D eigenvalue weighted by atomic mass is 19.1. The lowest BCUT2D eigenvalue weighted by atomic mass is 10.0. The summed E-state index contributed by atoms with van der Waals surface area (Å²) in [7, 11) is 0. The van der Waals surface area contributed by atoms with Crippen LogP contribution in [0.5, 0.6) is 11.6 Å². The molecular weight excluding hydrogens is 415 g/mol. The number of benzene rings is 1. The van der Waals surface area contributed by atoms with E-state index in [1.807, 2.05) is 38.1 Å². The molecule has 2 unspecified atom stereocenters. The quantitative estimate of drug-likeness (QED) is 0.611. The van der Waals surface area contributed by atoms with Gasteiger partial charge in [0.1, 0.15) is 24.8 Å². The molecule has 2 N–H and O–H groups in total. The number of nitrogens with one attached hydrogen (secondary N) is 1. The first-order valence-electron chi connectivity index (χ1n) is 10.8. The number of likely N-dealkylation sites (N-methyl/N-ethyl adjacent to an activating group) is 1. The van der Waals surface area contributed by atoms with Crippen LogP contribution in [-0.4, -0.2) is 58.9 Å². The third-order valence-electron chi connectivity index (χ3n) is 5.17. The summed E-state index contributed by atoms with van der Waals surface area (Å²) in [5.74, 6) is -0.228. The Balaban J connectivity index is 1.60. The minimum atomic E-state index is -1.10. The van der Waals surface area contributed by atoms with E-state index in [4.69, 9.17) is 9.47 Å². The van der Waals surface area contributed by atoms with Gasteiger partial charge in [-0.05, 0) is 45.4 Å². The van der Waals surface area contributed by atoms with E-state index in [0.717, 1.165) is 5.56 Å². The largest absolute Gasteiger partial charge is 0.489 e. The summed E-state index contributed by atoms with van der Waals surface area (Å²) in [4.78, 5) is 21.7. The lowest BCUT2D eigenvalue weighted by Gasteiger charge is -2.21. The second kappa shape index (κ2) is 10.1. The Labute approximate surface area is 187 Å². The summed E-state index contributed by atoms with van der Waals surface area (Å²) in [5, 5.41) is 12.6. The lowest BCUT2D eigenvalue weighted by Crippen LogP contribution is -2.29. The highest BCUT2D eigenvalue weighted by Gasteiger charge is 2.29. The Morgan fingerprint density at radius 1 is 1.34 bits per heavy atom. The van der Waals surface area contributed by atoms with Crippen LogP contribution in [0.2, 0.25) is 0 Å². The van der Waals surface area contributed by atoms with Gasteiger partial charge in [0, 0.05) is 19.5 Å². The van der Waals surface area contributed by atoms with Crippen LogP contribution in [0, 0.1) is 5.82 Å². The molecule has 0 spiro atoms. The number of aromatic nitrogens is 2. The van der Waals surface area contributed by atoms with Crippen molar-refractivity contribution in [2.75, 3.05) is 31.1 Å². The fraction of sp³-hybridized carbons (Fsp3) is 0.522. The number of carbonyl (C=O) groups excluding carboxylic acids is 1. The topological polar surface area (TPSA) is 96.8 Å². The minimum absolute atomic E-state index is 0.00891. The van der Waals surface area contributed by atoms with Crippen molar-refractivity contribution in [3.05, 3.63) is 42.0 Å². The van der Waals surface area contributed by atoms with E-state index in [-0.39, 0.29) is 36.2 Å². The van der Waals surface area contributed by atoms with Gasteiger partial charge in [0.25, 0.3) is 5.88 Å². The molecule has 1 amide bonds. The van der Waals surface area contributed by atoms with Crippen molar-refractivity contribution in [1.82, 2.24) is 15.3 Å². The molecule has 1 aromatic carbocycles. The molecule has 32 heavy (non-hydrogen) atoms. The molecule has 1 saturated heterocycles. The molecule has 2 atom stereocenters. The maximum atomic E-state index is 14.8. The number of aliphatic hydroxyl groups is 1. The molecule has 0 saturated carbocycles. The summed E-state index contributed by atoms with van der Waals surface area (Å²) in [6, 6.07) is 7.47. The number of hydrogen-bond donors (Lipinski definition) is 2. The maximum Gasteiger partial charge on any atom is 0.255 e. The first kappa shape index (κ1) is 23.7. The van der Waals surface area contributed by atoms with E-state index >= 15 is 0 Å². The van der Waals surface area contributed by atoms with Crippen LogP contribution in [0.1, 0.15) is 45.6 Å². The second-order valence-corrected chi connectivity index (χ2v) is 8.58. The maximum absolute atomic E-state index is 14.8. The molecule has 174 valence electrons. The van der Waals surface area contributed by atoms with Crippen LogP contribution in [-0.2, 0) is 4.79 Å². The monoisotopic (exact) mass is 446 g/mol. The molecule has 2 heterocycles. The van der Waals surface area contributed by atoms with Gasteiger partial charge in [0.15, 0.2) is 5.82 Å². The lowest BCUT2D eigenvalue weighted by molar-refractivity contribution is -0.122. The zero-order valence-corrected chi connectivity index (χ0v) is 19.0. The summed E-state index contributed by atoms with van der Waals surface area (Å²) in [6.07, 6.45) is 1.83. The average Bonchev–Trinajstić information content (AvgIpc) is 3.21. The van der Waals surface area contributed by atoms with Crippen molar-refractivity contribution in [2.24, 2.45) is 0 Å². The number of nitrogens with zero attached hydrogens (tertiary/aromatic N) is 3. The molecule has 1 aromatic heterocycles. The highest BCUT2D eigenvalue weighted by molar-refractivity contribution is 5.83. The van der Waals surface area contributed by atoms with Crippen molar-refractivity contribution in [3.63, 3.8) is 0 Å². The number of halogens is 1. The standard InChI is InChI=1S/C23H31FN4O4/c1-5-25-21(29)15(2)16-6-8-17(9-7-16)32-18-10-11-28(12-18)20-19(24)22(27-14-26-20)31-13-23(3,4)30/h6-9,14-15,18,30H,5,10-13H2,1-4H3,(H,25,29). The Morgan fingerprint density at radius 3 is 2.72 bits per heavy atom. The van der Waals surface area contributed by atoms with Gasteiger partial charge in [0.05, 0.1) is 18.1 Å². The van der Waals surface area contributed by atoms with Gasteiger partial charge < -0.3 is 24.8 Å². The van der Waals surface area contributed by atoms with Gasteiger partial charge >= 0.3 is 0 Å². The van der Waals surface area contributed by atoms with E-state index in [9.17, 15) is 14.3 Å². The van der Waals surface area contributed by atoms with Crippen LogP contribution >= 0.6 is 0 Å². The SMILES string of the molecule is CCNC(=O)C(C)c1ccc(OC2CCN(c3ncnc(OCC(C)(C)O)c3F)C2)cc1.